The summed E-state index contributed by atoms with van der Waals surface area (Å²) in [4.78, 5) is 24.6. The van der Waals surface area contributed by atoms with Crippen LogP contribution in [0.2, 0.25) is 0 Å². The fourth-order valence-electron chi connectivity index (χ4n) is 11.4. The van der Waals surface area contributed by atoms with Crippen LogP contribution in [0.4, 0.5) is 0 Å². The zero-order chi connectivity index (χ0) is 57.8. The second-order valence-corrected chi connectivity index (χ2v) is 24.9. The predicted octanol–water partition coefficient (Wildman–Crippen LogP) is 23.5. The maximum absolute atomic E-state index is 12.5. The monoisotopic (exact) mass is 1120 g/mol. The minimum Gasteiger partial charge on any atom is -0.466 e. The highest BCUT2D eigenvalue weighted by Crippen LogP contribution is 2.19. The highest BCUT2D eigenvalue weighted by atomic mass is 16.5. The topological polar surface area (TPSA) is 95.9 Å². The van der Waals surface area contributed by atoms with E-state index < -0.39 is 12.1 Å². The molecule has 0 aromatic rings. The van der Waals surface area contributed by atoms with Crippen molar-refractivity contribution in [2.75, 3.05) is 13.2 Å². The van der Waals surface area contributed by atoms with Gasteiger partial charge in [0.2, 0.25) is 5.91 Å². The van der Waals surface area contributed by atoms with Gasteiger partial charge in [-0.2, -0.15) is 0 Å². The standard InChI is InChI=1S/C74H141NO5/c1-3-5-7-9-11-13-15-17-19-20-21-22-23-24-26-29-32-35-39-42-46-50-54-58-62-66-72(77)71(70-76)75-73(78)67-63-59-55-51-47-43-40-36-33-30-27-25-28-31-34-37-41-45-49-53-57-61-65-69-80-74(79)68-64-60-56-52-48-44-38-18-16-14-12-10-8-6-4-2/h25,28,30,33,62,66,71-72,76-77H,3-24,26-27,29,31-32,34-61,63-65,67-70H2,1-2H3,(H,75,78)/b28-25-,33-30-,66-62+. The summed E-state index contributed by atoms with van der Waals surface area (Å²) < 4.78 is 5.49. The molecule has 1 amide bonds. The number of esters is 1. The van der Waals surface area contributed by atoms with E-state index in [1.54, 1.807) is 6.08 Å². The van der Waals surface area contributed by atoms with Crippen LogP contribution in [0, 0.1) is 0 Å². The number of hydrogen-bond acceptors (Lipinski definition) is 5. The number of ether oxygens (including phenoxy) is 1. The van der Waals surface area contributed by atoms with Gasteiger partial charge in [0.1, 0.15) is 0 Å². The molecular weight excluding hydrogens is 983 g/mol. The molecule has 2 unspecified atom stereocenters. The molecule has 0 rings (SSSR count). The van der Waals surface area contributed by atoms with Crippen LogP contribution in [0.15, 0.2) is 36.5 Å². The van der Waals surface area contributed by atoms with Gasteiger partial charge in [0.25, 0.3) is 0 Å². The molecule has 0 aromatic heterocycles. The molecule has 0 saturated heterocycles. The van der Waals surface area contributed by atoms with Crippen molar-refractivity contribution in [2.45, 2.75) is 411 Å². The van der Waals surface area contributed by atoms with Gasteiger partial charge < -0.3 is 20.3 Å². The van der Waals surface area contributed by atoms with Crippen molar-refractivity contribution in [1.29, 1.82) is 0 Å². The summed E-state index contributed by atoms with van der Waals surface area (Å²) >= 11 is 0. The molecule has 6 heteroatoms. The number of nitrogens with one attached hydrogen (secondary N) is 1. The number of carbonyl (C=O) groups excluding carboxylic acids is 2. The van der Waals surface area contributed by atoms with Gasteiger partial charge in [-0.3, -0.25) is 9.59 Å². The molecule has 6 nitrogen and oxygen atoms in total. The quantitative estimate of drug-likeness (QED) is 0.0320. The molecule has 0 aliphatic carbocycles. The number of hydrogen-bond donors (Lipinski definition) is 3. The molecule has 80 heavy (non-hydrogen) atoms. The first-order chi connectivity index (χ1) is 39.5. The van der Waals surface area contributed by atoms with Crippen molar-refractivity contribution in [3.8, 4) is 0 Å². The number of amides is 1. The molecule has 0 aromatic carbocycles. The molecule has 0 spiro atoms. The van der Waals surface area contributed by atoms with Crippen LogP contribution in [0.25, 0.3) is 0 Å². The fraction of sp³-hybridized carbons (Fsp3) is 0.892. The highest BCUT2D eigenvalue weighted by Gasteiger charge is 2.18. The molecule has 0 radical (unpaired) electrons. The summed E-state index contributed by atoms with van der Waals surface area (Å²) in [6, 6.07) is -0.637. The maximum atomic E-state index is 12.5. The number of carbonyl (C=O) groups is 2. The van der Waals surface area contributed by atoms with E-state index in [1.807, 2.05) is 6.08 Å². The Labute approximate surface area is 500 Å². The van der Waals surface area contributed by atoms with Gasteiger partial charge in [0, 0.05) is 12.8 Å². The molecular formula is C74H141NO5. The Morgan fingerprint density at radius 1 is 0.350 bits per heavy atom. The van der Waals surface area contributed by atoms with Crippen LogP contribution < -0.4 is 5.32 Å². The molecule has 472 valence electrons. The van der Waals surface area contributed by atoms with Crippen molar-refractivity contribution in [2.24, 2.45) is 0 Å². The Morgan fingerprint density at radius 2 is 0.625 bits per heavy atom. The normalized spacial score (nSPS) is 12.7. The van der Waals surface area contributed by atoms with Gasteiger partial charge >= 0.3 is 5.97 Å². The summed E-state index contributed by atoms with van der Waals surface area (Å²) in [6.45, 7) is 4.94. The zero-order valence-electron chi connectivity index (χ0n) is 54.1. The van der Waals surface area contributed by atoms with Crippen LogP contribution >= 0.6 is 0 Å². The van der Waals surface area contributed by atoms with Crippen molar-refractivity contribution in [3.05, 3.63) is 36.5 Å². The lowest BCUT2D eigenvalue weighted by atomic mass is 10.0. The van der Waals surface area contributed by atoms with Crippen LogP contribution in [0.5, 0.6) is 0 Å². The molecule has 3 N–H and O–H groups in total. The van der Waals surface area contributed by atoms with Crippen LogP contribution in [0.3, 0.4) is 0 Å². The fourth-order valence-corrected chi connectivity index (χ4v) is 11.4. The average molecular weight is 1120 g/mol. The highest BCUT2D eigenvalue weighted by molar-refractivity contribution is 5.76. The second-order valence-electron chi connectivity index (χ2n) is 24.9. The molecule has 0 aliphatic rings. The van der Waals surface area contributed by atoms with Crippen molar-refractivity contribution < 1.29 is 24.5 Å². The Hall–Kier alpha value is -1.92. The summed E-state index contributed by atoms with van der Waals surface area (Å²) in [6.07, 6.45) is 89.4. The van der Waals surface area contributed by atoms with E-state index in [0.717, 1.165) is 57.8 Å². The second kappa shape index (κ2) is 69.6. The first-order valence-electron chi connectivity index (χ1n) is 36.3. The van der Waals surface area contributed by atoms with Crippen molar-refractivity contribution in [1.82, 2.24) is 5.32 Å². The lowest BCUT2D eigenvalue weighted by Crippen LogP contribution is -2.45. The van der Waals surface area contributed by atoms with Crippen LogP contribution in [0.1, 0.15) is 399 Å². The van der Waals surface area contributed by atoms with Crippen LogP contribution in [-0.2, 0) is 14.3 Å². The molecule has 0 saturated carbocycles. The summed E-state index contributed by atoms with van der Waals surface area (Å²) in [5.74, 6) is -0.0642. The molecule has 0 heterocycles. The molecule has 0 aliphatic heterocycles. The van der Waals surface area contributed by atoms with Gasteiger partial charge in [0.05, 0.1) is 25.4 Å². The summed E-state index contributed by atoms with van der Waals surface area (Å²) in [5, 5.41) is 23.3. The number of rotatable bonds is 68. The molecule has 0 bridgehead atoms. The van der Waals surface area contributed by atoms with E-state index in [1.165, 1.54) is 315 Å². The molecule has 2 atom stereocenters. The third-order valence-electron chi connectivity index (χ3n) is 16.9. The predicted molar refractivity (Wildman–Crippen MR) is 352 cm³/mol. The molecule has 0 fully saturated rings. The van der Waals surface area contributed by atoms with E-state index in [0.29, 0.717) is 19.4 Å². The Balaban J connectivity index is 3.46. The first-order valence-corrected chi connectivity index (χ1v) is 36.3. The summed E-state index contributed by atoms with van der Waals surface area (Å²) in [5.41, 5.74) is 0. The van der Waals surface area contributed by atoms with Gasteiger partial charge in [-0.25, -0.2) is 0 Å². The van der Waals surface area contributed by atoms with Crippen molar-refractivity contribution in [3.63, 3.8) is 0 Å². The van der Waals surface area contributed by atoms with E-state index in [-0.39, 0.29) is 18.5 Å². The van der Waals surface area contributed by atoms with E-state index in [4.69, 9.17) is 4.74 Å². The lowest BCUT2D eigenvalue weighted by molar-refractivity contribution is -0.143. The minimum atomic E-state index is -0.853. The zero-order valence-corrected chi connectivity index (χ0v) is 54.1. The first kappa shape index (κ1) is 78.1. The van der Waals surface area contributed by atoms with Crippen molar-refractivity contribution >= 4 is 11.9 Å². The van der Waals surface area contributed by atoms with Gasteiger partial charge in [-0.1, -0.05) is 359 Å². The summed E-state index contributed by atoms with van der Waals surface area (Å²) in [7, 11) is 0. The van der Waals surface area contributed by atoms with Gasteiger partial charge in [-0.05, 0) is 64.2 Å². The smallest absolute Gasteiger partial charge is 0.305 e. The van der Waals surface area contributed by atoms with Crippen LogP contribution in [-0.4, -0.2) is 47.4 Å². The number of aliphatic hydroxyl groups is 2. The van der Waals surface area contributed by atoms with Gasteiger partial charge in [-0.15, -0.1) is 0 Å². The Morgan fingerprint density at radius 3 is 0.950 bits per heavy atom. The number of aliphatic hydroxyl groups excluding tert-OH is 2. The largest absolute Gasteiger partial charge is 0.466 e. The average Bonchev–Trinajstić information content (AvgIpc) is 3.46. The maximum Gasteiger partial charge on any atom is 0.305 e. The number of unbranched alkanes of at least 4 members (excludes halogenated alkanes) is 53. The minimum absolute atomic E-state index is 0.0101. The SMILES string of the molecule is CCCCCCCCCCCCCCCCCCCCCCCCC/C=C/C(O)C(CO)NC(=O)CCCCCCCCC/C=C\C/C=C\CCCCCCCCCCCOC(=O)CCCCCCCCCCCCCCCCC. The third-order valence-corrected chi connectivity index (χ3v) is 16.9. The third kappa shape index (κ3) is 65.2. The van der Waals surface area contributed by atoms with E-state index in [9.17, 15) is 19.8 Å². The van der Waals surface area contributed by atoms with E-state index in [2.05, 4.69) is 43.5 Å². The number of allylic oxidation sites excluding steroid dienone is 5. The van der Waals surface area contributed by atoms with Gasteiger partial charge in [0.15, 0.2) is 0 Å². The Kier molecular flexibility index (Phi) is 67.9. The van der Waals surface area contributed by atoms with E-state index >= 15 is 0 Å². The Bertz CT molecular complexity index is 1300. The lowest BCUT2D eigenvalue weighted by Gasteiger charge is -2.20.